The molecule has 4 rings (SSSR count). The van der Waals surface area contributed by atoms with Crippen molar-refractivity contribution in [3.63, 3.8) is 0 Å². The molecule has 2 aliphatic rings. The van der Waals surface area contributed by atoms with Gasteiger partial charge in [-0.1, -0.05) is 12.1 Å². The van der Waals surface area contributed by atoms with E-state index >= 15 is 0 Å². The Kier molecular flexibility index (Phi) is 4.54. The number of aromatic nitrogens is 1. The first-order valence-electron chi connectivity index (χ1n) is 9.30. The lowest BCUT2D eigenvalue weighted by atomic mass is 9.79. The molecule has 1 aromatic carbocycles. The number of ketones is 1. The van der Waals surface area contributed by atoms with E-state index in [0.29, 0.717) is 29.8 Å². The number of carbonyl (C=O) groups excluding carboxylic acids is 2. The lowest BCUT2D eigenvalue weighted by Crippen LogP contribution is -2.42. The number of nitrogens with zero attached hydrogens (tertiary/aromatic N) is 1. The van der Waals surface area contributed by atoms with Gasteiger partial charge in [0.05, 0.1) is 33.4 Å². The fourth-order valence-corrected chi connectivity index (χ4v) is 4.51. The number of allylic oxidation sites excluding steroid dienone is 1. The van der Waals surface area contributed by atoms with Gasteiger partial charge in [-0.15, -0.1) is 11.3 Å². The standard InChI is InChI=1S/C21H23NO4S/c1-21(2,3)20(24)26-12-8-9-13-16(10-12)25-11-14(18(13)23)19-22-15-6-4-5-7-17(15)27-19/h4-7,11-13,16H,8-10H2,1-3H3. The number of benzene rings is 1. The van der Waals surface area contributed by atoms with Crippen LogP contribution in [0, 0.1) is 11.3 Å². The second kappa shape index (κ2) is 6.75. The van der Waals surface area contributed by atoms with Crippen molar-refractivity contribution in [2.45, 2.75) is 52.2 Å². The highest BCUT2D eigenvalue weighted by Gasteiger charge is 2.42. The number of ether oxygens (including phenoxy) is 2. The summed E-state index contributed by atoms with van der Waals surface area (Å²) < 4.78 is 12.6. The molecule has 1 aliphatic heterocycles. The molecule has 1 aliphatic carbocycles. The van der Waals surface area contributed by atoms with Crippen molar-refractivity contribution in [3.8, 4) is 0 Å². The molecule has 0 spiro atoms. The fourth-order valence-electron chi connectivity index (χ4n) is 3.53. The quantitative estimate of drug-likeness (QED) is 0.719. The Bertz CT molecular complexity index is 891. The topological polar surface area (TPSA) is 65.5 Å². The lowest BCUT2D eigenvalue weighted by Gasteiger charge is -2.37. The molecule has 0 radical (unpaired) electrons. The van der Waals surface area contributed by atoms with Crippen LogP contribution < -0.4 is 0 Å². The van der Waals surface area contributed by atoms with E-state index in [2.05, 4.69) is 4.98 Å². The smallest absolute Gasteiger partial charge is 0.311 e. The highest BCUT2D eigenvalue weighted by molar-refractivity contribution is 7.19. The molecule has 0 bridgehead atoms. The third-order valence-corrected chi connectivity index (χ3v) is 6.19. The lowest BCUT2D eigenvalue weighted by molar-refractivity contribution is -0.163. The van der Waals surface area contributed by atoms with Gasteiger partial charge in [-0.05, 0) is 45.7 Å². The third-order valence-electron chi connectivity index (χ3n) is 5.12. The van der Waals surface area contributed by atoms with Gasteiger partial charge in [-0.3, -0.25) is 9.59 Å². The van der Waals surface area contributed by atoms with Gasteiger partial charge in [0.15, 0.2) is 5.78 Å². The Morgan fingerprint density at radius 3 is 2.78 bits per heavy atom. The van der Waals surface area contributed by atoms with Gasteiger partial charge < -0.3 is 9.47 Å². The van der Waals surface area contributed by atoms with Crippen LogP contribution in [0.2, 0.25) is 0 Å². The van der Waals surface area contributed by atoms with E-state index in [-0.39, 0.29) is 29.9 Å². The Labute approximate surface area is 162 Å². The molecule has 5 nitrogen and oxygen atoms in total. The van der Waals surface area contributed by atoms with Crippen molar-refractivity contribution in [2.75, 3.05) is 0 Å². The summed E-state index contributed by atoms with van der Waals surface area (Å²) in [7, 11) is 0. The molecular weight excluding hydrogens is 362 g/mol. The van der Waals surface area contributed by atoms with Crippen molar-refractivity contribution >= 4 is 38.9 Å². The number of rotatable bonds is 2. The van der Waals surface area contributed by atoms with Crippen LogP contribution in [0.5, 0.6) is 0 Å². The van der Waals surface area contributed by atoms with Crippen LogP contribution in [0.3, 0.4) is 0 Å². The van der Waals surface area contributed by atoms with Crippen LogP contribution in [-0.4, -0.2) is 28.9 Å². The molecule has 2 aromatic rings. The van der Waals surface area contributed by atoms with Gasteiger partial charge in [0.2, 0.25) is 0 Å². The van der Waals surface area contributed by atoms with Crippen molar-refractivity contribution in [1.82, 2.24) is 4.98 Å². The van der Waals surface area contributed by atoms with Gasteiger partial charge in [0, 0.05) is 6.42 Å². The van der Waals surface area contributed by atoms with Crippen LogP contribution in [0.4, 0.5) is 0 Å². The summed E-state index contributed by atoms with van der Waals surface area (Å²) in [6.45, 7) is 5.53. The first-order chi connectivity index (χ1) is 12.8. The number of thiazole rings is 1. The summed E-state index contributed by atoms with van der Waals surface area (Å²) in [5, 5.41) is 0.709. The number of Topliss-reactive ketones (excluding diaryl/α,β-unsaturated/α-hetero) is 1. The minimum Gasteiger partial charge on any atom is -0.496 e. The minimum absolute atomic E-state index is 0.0888. The molecule has 0 N–H and O–H groups in total. The van der Waals surface area contributed by atoms with Crippen LogP contribution in [-0.2, 0) is 19.1 Å². The van der Waals surface area contributed by atoms with Crippen molar-refractivity contribution < 1.29 is 19.1 Å². The average molecular weight is 385 g/mol. The molecular formula is C21H23NO4S. The molecule has 0 saturated heterocycles. The minimum atomic E-state index is -0.528. The highest BCUT2D eigenvalue weighted by atomic mass is 32.1. The summed E-state index contributed by atoms with van der Waals surface area (Å²) >= 11 is 1.51. The SMILES string of the molecule is CC(C)(C)C(=O)OC1CCC2C(=O)C(c3nc4ccccc4s3)=COC2C1. The second-order valence-corrected chi connectivity index (χ2v) is 9.28. The number of hydrogen-bond acceptors (Lipinski definition) is 6. The summed E-state index contributed by atoms with van der Waals surface area (Å²) in [6.07, 6.45) is 3.03. The van der Waals surface area contributed by atoms with E-state index < -0.39 is 5.41 Å². The summed E-state index contributed by atoms with van der Waals surface area (Å²) in [6, 6.07) is 7.86. The van der Waals surface area contributed by atoms with Gasteiger partial charge in [0.1, 0.15) is 17.2 Å². The number of esters is 1. The number of fused-ring (bicyclic) bond motifs is 2. The Morgan fingerprint density at radius 1 is 1.26 bits per heavy atom. The molecule has 142 valence electrons. The molecule has 1 saturated carbocycles. The van der Waals surface area contributed by atoms with Crippen molar-refractivity contribution in [2.24, 2.45) is 11.3 Å². The van der Waals surface area contributed by atoms with Gasteiger partial charge >= 0.3 is 5.97 Å². The summed E-state index contributed by atoms with van der Waals surface area (Å²) in [4.78, 5) is 29.8. The third kappa shape index (κ3) is 3.50. The maximum absolute atomic E-state index is 13.0. The zero-order valence-electron chi connectivity index (χ0n) is 15.7. The predicted molar refractivity (Wildman–Crippen MR) is 104 cm³/mol. The fraction of sp³-hybridized carbons (Fsp3) is 0.476. The normalized spacial score (nSPS) is 25.5. The Balaban J connectivity index is 1.50. The van der Waals surface area contributed by atoms with Crippen LogP contribution in [0.15, 0.2) is 30.5 Å². The first-order valence-corrected chi connectivity index (χ1v) is 10.1. The summed E-state index contributed by atoms with van der Waals surface area (Å²) in [5.74, 6) is -0.314. The van der Waals surface area contributed by atoms with Crippen LogP contribution in [0.25, 0.3) is 15.8 Å². The molecule has 0 amide bonds. The van der Waals surface area contributed by atoms with Gasteiger partial charge in [-0.2, -0.15) is 0 Å². The van der Waals surface area contributed by atoms with E-state index in [4.69, 9.17) is 9.47 Å². The Hall–Kier alpha value is -2.21. The Morgan fingerprint density at radius 2 is 2.04 bits per heavy atom. The van der Waals surface area contributed by atoms with E-state index in [1.807, 2.05) is 45.0 Å². The zero-order chi connectivity index (χ0) is 19.2. The molecule has 2 heterocycles. The van der Waals surface area contributed by atoms with Crippen molar-refractivity contribution in [1.29, 1.82) is 0 Å². The second-order valence-electron chi connectivity index (χ2n) is 8.25. The van der Waals surface area contributed by atoms with E-state index in [1.54, 1.807) is 6.26 Å². The first kappa shape index (κ1) is 18.2. The van der Waals surface area contributed by atoms with E-state index in [9.17, 15) is 9.59 Å². The van der Waals surface area contributed by atoms with Crippen LogP contribution >= 0.6 is 11.3 Å². The average Bonchev–Trinajstić information content (AvgIpc) is 3.05. The number of para-hydroxylation sites is 1. The molecule has 3 atom stereocenters. The highest BCUT2D eigenvalue weighted by Crippen LogP contribution is 2.39. The van der Waals surface area contributed by atoms with Crippen LogP contribution in [0.1, 0.15) is 45.0 Å². The molecule has 6 heteroatoms. The molecule has 1 fully saturated rings. The number of hydrogen-bond donors (Lipinski definition) is 0. The largest absolute Gasteiger partial charge is 0.496 e. The summed E-state index contributed by atoms with van der Waals surface area (Å²) in [5.41, 5.74) is 0.925. The molecule has 3 unspecified atom stereocenters. The van der Waals surface area contributed by atoms with E-state index in [0.717, 1.165) is 10.2 Å². The maximum Gasteiger partial charge on any atom is 0.311 e. The number of carbonyl (C=O) groups is 2. The zero-order valence-corrected chi connectivity index (χ0v) is 16.5. The van der Waals surface area contributed by atoms with Gasteiger partial charge in [-0.25, -0.2) is 4.98 Å². The van der Waals surface area contributed by atoms with E-state index in [1.165, 1.54) is 11.3 Å². The maximum atomic E-state index is 13.0. The predicted octanol–water partition coefficient (Wildman–Crippen LogP) is 4.36. The monoisotopic (exact) mass is 385 g/mol. The van der Waals surface area contributed by atoms with Crippen molar-refractivity contribution in [3.05, 3.63) is 35.5 Å². The van der Waals surface area contributed by atoms with Gasteiger partial charge in [0.25, 0.3) is 0 Å². The molecule has 1 aromatic heterocycles. The molecule has 27 heavy (non-hydrogen) atoms.